The Balaban J connectivity index is 1.10. The molecule has 1 aromatic carbocycles. The van der Waals surface area contributed by atoms with Crippen LogP contribution in [0.5, 0.6) is 0 Å². The summed E-state index contributed by atoms with van der Waals surface area (Å²) in [5.74, 6) is 0.00859. The van der Waals surface area contributed by atoms with Gasteiger partial charge >= 0.3 is 6.03 Å². The summed E-state index contributed by atoms with van der Waals surface area (Å²) in [5, 5.41) is 19.3. The van der Waals surface area contributed by atoms with E-state index >= 15 is 0 Å². The van der Waals surface area contributed by atoms with Crippen LogP contribution >= 0.6 is 0 Å². The van der Waals surface area contributed by atoms with Crippen molar-refractivity contribution in [3.05, 3.63) is 64.5 Å². The van der Waals surface area contributed by atoms with Gasteiger partial charge in [0.25, 0.3) is 5.91 Å². The van der Waals surface area contributed by atoms with E-state index in [1.54, 1.807) is 6.07 Å². The second-order valence-electron chi connectivity index (χ2n) is 13.6. The van der Waals surface area contributed by atoms with Crippen LogP contribution in [0.4, 0.5) is 4.79 Å². The fraction of sp³-hybridized carbons (Fsp3) is 0.600. The highest BCUT2D eigenvalue weighted by Gasteiger charge is 2.47. The molecule has 0 spiro atoms. The molecule has 1 N–H and O–H groups in total. The molecule has 1 atom stereocenters. The number of nitrogens with zero attached hydrogens (tertiary/aromatic N) is 6. The highest BCUT2D eigenvalue weighted by molar-refractivity contribution is 5.96. The minimum Gasteiger partial charge on any atom is -0.393 e. The Morgan fingerprint density at radius 3 is 2.25 bits per heavy atom. The third kappa shape index (κ3) is 5.82. The minimum absolute atomic E-state index is 0.00859. The quantitative estimate of drug-likeness (QED) is 0.530. The van der Waals surface area contributed by atoms with Crippen LogP contribution < -0.4 is 0 Å². The number of nitriles is 1. The lowest BCUT2D eigenvalue weighted by Gasteiger charge is -2.50. The van der Waals surface area contributed by atoms with Gasteiger partial charge in [-0.05, 0) is 89.3 Å². The number of aliphatic hydroxyl groups is 1. The highest BCUT2D eigenvalue weighted by Crippen LogP contribution is 2.40. The van der Waals surface area contributed by atoms with Crippen LogP contribution in [0.15, 0.2) is 36.4 Å². The zero-order valence-electron chi connectivity index (χ0n) is 26.4. The van der Waals surface area contributed by atoms with Crippen LogP contribution in [-0.2, 0) is 0 Å². The molecule has 234 valence electrons. The molecule has 1 saturated carbocycles. The molecule has 3 aliphatic heterocycles. The zero-order valence-corrected chi connectivity index (χ0v) is 26.4. The first kappa shape index (κ1) is 30.5. The van der Waals surface area contributed by atoms with Crippen molar-refractivity contribution in [1.82, 2.24) is 24.6 Å². The molecule has 9 heteroatoms. The predicted octanol–water partition coefficient (Wildman–Crippen LogP) is 4.81. The Morgan fingerprint density at radius 1 is 0.977 bits per heavy atom. The molecule has 1 aliphatic carbocycles. The molecule has 44 heavy (non-hydrogen) atoms. The number of aromatic nitrogens is 1. The van der Waals surface area contributed by atoms with Crippen molar-refractivity contribution in [3.8, 4) is 6.07 Å². The van der Waals surface area contributed by atoms with Crippen LogP contribution in [0.2, 0.25) is 0 Å². The van der Waals surface area contributed by atoms with Gasteiger partial charge in [-0.25, -0.2) is 9.78 Å². The van der Waals surface area contributed by atoms with Crippen LogP contribution in [0.25, 0.3) is 0 Å². The third-order valence-corrected chi connectivity index (χ3v) is 10.9. The number of carbonyl (C=O) groups excluding carboxylic acids is 2. The Labute approximate surface area is 261 Å². The van der Waals surface area contributed by atoms with Crippen LogP contribution in [0.1, 0.15) is 97.2 Å². The van der Waals surface area contributed by atoms with Gasteiger partial charge in [0.05, 0.1) is 23.4 Å². The highest BCUT2D eigenvalue weighted by atomic mass is 16.3. The molecule has 0 radical (unpaired) electrons. The molecule has 2 aromatic rings. The number of carbonyl (C=O) groups is 2. The van der Waals surface area contributed by atoms with E-state index in [9.17, 15) is 20.0 Å². The second kappa shape index (κ2) is 12.5. The van der Waals surface area contributed by atoms with E-state index in [2.05, 4.69) is 56.9 Å². The molecule has 9 nitrogen and oxygen atoms in total. The lowest BCUT2D eigenvalue weighted by Crippen LogP contribution is -2.58. The average molecular weight is 599 g/mol. The summed E-state index contributed by atoms with van der Waals surface area (Å²) < 4.78 is 0. The monoisotopic (exact) mass is 598 g/mol. The molecule has 4 fully saturated rings. The Kier molecular flexibility index (Phi) is 8.67. The number of benzene rings is 1. The van der Waals surface area contributed by atoms with E-state index in [-0.39, 0.29) is 41.7 Å². The van der Waals surface area contributed by atoms with Crippen molar-refractivity contribution in [3.63, 3.8) is 0 Å². The van der Waals surface area contributed by atoms with Crippen LogP contribution in [0, 0.1) is 25.2 Å². The fourth-order valence-corrected chi connectivity index (χ4v) is 8.22. The Bertz CT molecular complexity index is 1380. The van der Waals surface area contributed by atoms with Gasteiger partial charge in [0, 0.05) is 50.3 Å². The van der Waals surface area contributed by atoms with Crippen molar-refractivity contribution < 1.29 is 14.7 Å². The Morgan fingerprint density at radius 2 is 1.64 bits per heavy atom. The molecular formula is C35H46N6O3. The van der Waals surface area contributed by atoms with Crippen LogP contribution in [0.3, 0.4) is 0 Å². The van der Waals surface area contributed by atoms with Crippen molar-refractivity contribution in [2.75, 3.05) is 32.7 Å². The Hall–Kier alpha value is -3.48. The molecule has 0 bridgehead atoms. The van der Waals surface area contributed by atoms with E-state index in [1.807, 2.05) is 24.8 Å². The van der Waals surface area contributed by atoms with Gasteiger partial charge in [0.1, 0.15) is 11.8 Å². The largest absolute Gasteiger partial charge is 0.393 e. The van der Waals surface area contributed by atoms with Gasteiger partial charge in [-0.15, -0.1) is 0 Å². The van der Waals surface area contributed by atoms with Crippen molar-refractivity contribution >= 4 is 11.9 Å². The van der Waals surface area contributed by atoms with E-state index < -0.39 is 0 Å². The van der Waals surface area contributed by atoms with Gasteiger partial charge in [-0.3, -0.25) is 9.69 Å². The van der Waals surface area contributed by atoms with E-state index in [4.69, 9.17) is 0 Å². The van der Waals surface area contributed by atoms with Crippen molar-refractivity contribution in [2.45, 2.75) is 102 Å². The van der Waals surface area contributed by atoms with Crippen molar-refractivity contribution in [1.29, 1.82) is 5.26 Å². The first-order chi connectivity index (χ1) is 21.2. The number of piperidine rings is 2. The summed E-state index contributed by atoms with van der Waals surface area (Å²) in [6, 6.07) is 14.9. The van der Waals surface area contributed by atoms with Gasteiger partial charge in [0.2, 0.25) is 0 Å². The molecule has 0 unspecified atom stereocenters. The second-order valence-corrected chi connectivity index (χ2v) is 13.6. The van der Waals surface area contributed by atoms with Crippen LogP contribution in [-0.4, -0.2) is 98.1 Å². The maximum atomic E-state index is 14.0. The molecular weight excluding hydrogens is 552 g/mol. The number of pyridine rings is 1. The lowest BCUT2D eigenvalue weighted by molar-refractivity contribution is 0.00477. The number of hydrogen-bond donors (Lipinski definition) is 1. The first-order valence-electron chi connectivity index (χ1n) is 16.4. The standard InChI is InChI=1S/C35H46N6O3/c1-24-21-27(22-36)37-25(2)32(24)33(43)38-19-15-35(3,16-20-38)39-17-13-29(14-18-39)41-31(26-7-5-4-6-8-26)23-40(34(41)44)28-9-11-30(42)12-10-28/h4-8,21,28-31,42H,9-20,23H2,1-3H3/t28?,30?,31-/m0/s1. The average Bonchev–Trinajstić information content (AvgIpc) is 3.38. The maximum absolute atomic E-state index is 14.0. The molecule has 3 amide bonds. The molecule has 4 aliphatic rings. The number of urea groups is 1. The number of rotatable bonds is 5. The summed E-state index contributed by atoms with van der Waals surface area (Å²) in [6.07, 6.45) is 6.76. The minimum atomic E-state index is -0.234. The van der Waals surface area contributed by atoms with Crippen molar-refractivity contribution in [2.24, 2.45) is 0 Å². The number of aryl methyl sites for hydroxylation is 2. The SMILES string of the molecule is Cc1cc(C#N)nc(C)c1C(=O)N1CCC(C)(N2CCC(N3C(=O)N(C4CCC(O)CC4)C[C@H]3c3ccccc3)CC2)CC1. The summed E-state index contributed by atoms with van der Waals surface area (Å²) in [6.45, 7) is 10.0. The number of likely N-dealkylation sites (tertiary alicyclic amines) is 2. The number of aliphatic hydroxyl groups excluding tert-OH is 1. The van der Waals surface area contributed by atoms with E-state index in [0.29, 0.717) is 30.0 Å². The molecule has 3 saturated heterocycles. The summed E-state index contributed by atoms with van der Waals surface area (Å²) in [4.78, 5) is 40.7. The lowest BCUT2D eigenvalue weighted by atomic mass is 9.85. The third-order valence-electron chi connectivity index (χ3n) is 10.9. The summed E-state index contributed by atoms with van der Waals surface area (Å²) >= 11 is 0. The van der Waals surface area contributed by atoms with E-state index in [1.165, 1.54) is 5.56 Å². The van der Waals surface area contributed by atoms with Gasteiger partial charge < -0.3 is 19.8 Å². The summed E-state index contributed by atoms with van der Waals surface area (Å²) in [5.41, 5.74) is 3.60. The normalized spacial score (nSPS) is 26.6. The van der Waals surface area contributed by atoms with E-state index in [0.717, 1.165) is 76.6 Å². The topological polar surface area (TPSA) is 104 Å². The van der Waals surface area contributed by atoms with Gasteiger partial charge in [0.15, 0.2) is 0 Å². The number of hydrogen-bond acceptors (Lipinski definition) is 6. The molecule has 4 heterocycles. The zero-order chi connectivity index (χ0) is 31.0. The molecule has 1 aromatic heterocycles. The summed E-state index contributed by atoms with van der Waals surface area (Å²) in [7, 11) is 0. The smallest absolute Gasteiger partial charge is 0.321 e. The first-order valence-corrected chi connectivity index (χ1v) is 16.4. The number of amides is 3. The van der Waals surface area contributed by atoms with Gasteiger partial charge in [-0.2, -0.15) is 5.26 Å². The van der Waals surface area contributed by atoms with Gasteiger partial charge in [-0.1, -0.05) is 30.3 Å². The fourth-order valence-electron chi connectivity index (χ4n) is 8.22. The maximum Gasteiger partial charge on any atom is 0.321 e. The predicted molar refractivity (Wildman–Crippen MR) is 168 cm³/mol. The molecule has 6 rings (SSSR count).